The molecule has 3 N–H and O–H groups in total. The van der Waals surface area contributed by atoms with Crippen LogP contribution in [0.3, 0.4) is 0 Å². The maximum atomic E-state index is 5.54. The second-order valence-electron chi connectivity index (χ2n) is 5.61. The Bertz CT molecular complexity index is 436. The normalized spacial score (nSPS) is 21.7. The molecule has 6 nitrogen and oxygen atoms in total. The summed E-state index contributed by atoms with van der Waals surface area (Å²) in [5.41, 5.74) is 3.72. The van der Waals surface area contributed by atoms with Gasteiger partial charge in [-0.25, -0.2) is 15.8 Å². The minimum atomic E-state index is 0.228. The number of nitrogens with one attached hydrogen (secondary N) is 1. The molecule has 1 unspecified atom stereocenters. The van der Waals surface area contributed by atoms with Crippen molar-refractivity contribution in [3.05, 3.63) is 17.6 Å². The van der Waals surface area contributed by atoms with E-state index in [1.165, 1.54) is 6.42 Å². The van der Waals surface area contributed by atoms with Crippen molar-refractivity contribution in [1.82, 2.24) is 19.8 Å². The second-order valence-corrected chi connectivity index (χ2v) is 5.61. The van der Waals surface area contributed by atoms with Gasteiger partial charge in [0.05, 0.1) is 6.04 Å². The van der Waals surface area contributed by atoms with Crippen molar-refractivity contribution in [2.45, 2.75) is 32.2 Å². The van der Waals surface area contributed by atoms with Gasteiger partial charge in [0.15, 0.2) is 0 Å². The summed E-state index contributed by atoms with van der Waals surface area (Å²) in [5.74, 6) is 7.12. The van der Waals surface area contributed by atoms with E-state index in [9.17, 15) is 0 Å². The van der Waals surface area contributed by atoms with Crippen molar-refractivity contribution in [3.8, 4) is 0 Å². The van der Waals surface area contributed by atoms with Gasteiger partial charge >= 0.3 is 0 Å². The van der Waals surface area contributed by atoms with E-state index in [1.807, 2.05) is 6.07 Å². The van der Waals surface area contributed by atoms with Crippen LogP contribution in [0.5, 0.6) is 0 Å². The monoisotopic (exact) mass is 278 g/mol. The van der Waals surface area contributed by atoms with Crippen LogP contribution in [0.15, 0.2) is 6.07 Å². The van der Waals surface area contributed by atoms with Crippen LogP contribution in [-0.4, -0.2) is 53.5 Å². The van der Waals surface area contributed by atoms with Gasteiger partial charge in [-0.05, 0) is 40.0 Å². The first-order chi connectivity index (χ1) is 9.63. The highest BCUT2D eigenvalue weighted by molar-refractivity contribution is 5.35. The molecule has 0 saturated carbocycles. The number of nitrogens with zero attached hydrogens (tertiary/aromatic N) is 4. The number of hydrogen-bond acceptors (Lipinski definition) is 6. The predicted molar refractivity (Wildman–Crippen MR) is 81.3 cm³/mol. The van der Waals surface area contributed by atoms with Gasteiger partial charge < -0.3 is 10.3 Å². The van der Waals surface area contributed by atoms with E-state index in [0.29, 0.717) is 5.82 Å². The minimum Gasteiger partial charge on any atom is -0.308 e. The van der Waals surface area contributed by atoms with Crippen LogP contribution in [0.4, 0.5) is 5.82 Å². The Labute approximate surface area is 121 Å². The third kappa shape index (κ3) is 3.65. The Hall–Kier alpha value is -1.24. The molecule has 6 heteroatoms. The zero-order valence-electron chi connectivity index (χ0n) is 12.8. The molecule has 0 amide bonds. The van der Waals surface area contributed by atoms with E-state index in [0.717, 1.165) is 44.0 Å². The molecule has 112 valence electrons. The molecule has 2 rings (SSSR count). The SMILES string of the molecule is CCCc1cc(NN)nc(C2CN(C)CCCN2C)n1. The lowest BCUT2D eigenvalue weighted by Gasteiger charge is -2.26. The average molecular weight is 278 g/mol. The van der Waals surface area contributed by atoms with Crippen LogP contribution in [0.1, 0.15) is 37.3 Å². The molecule has 1 fully saturated rings. The van der Waals surface area contributed by atoms with Gasteiger partial charge in [0, 0.05) is 18.3 Å². The lowest BCUT2D eigenvalue weighted by molar-refractivity contribution is 0.219. The number of likely N-dealkylation sites (N-methyl/N-ethyl adjacent to an activating group) is 2. The standard InChI is InChI=1S/C14H26N6/c1-4-6-11-9-13(18-15)17-14(16-11)12-10-19(2)7-5-8-20(12)3/h9,12H,4-8,10,15H2,1-3H3,(H,16,17,18). The maximum absolute atomic E-state index is 5.54. The molecule has 20 heavy (non-hydrogen) atoms. The van der Waals surface area contributed by atoms with Gasteiger partial charge in [0.2, 0.25) is 0 Å². The quantitative estimate of drug-likeness (QED) is 0.633. The third-order valence-electron chi connectivity index (χ3n) is 3.82. The zero-order valence-corrected chi connectivity index (χ0v) is 12.8. The maximum Gasteiger partial charge on any atom is 0.149 e. The predicted octanol–water partition coefficient (Wildman–Crippen LogP) is 1.02. The third-order valence-corrected chi connectivity index (χ3v) is 3.82. The number of nitrogens with two attached hydrogens (primary N) is 1. The summed E-state index contributed by atoms with van der Waals surface area (Å²) < 4.78 is 0. The molecule has 1 atom stereocenters. The van der Waals surface area contributed by atoms with Crippen molar-refractivity contribution in [2.75, 3.05) is 39.2 Å². The number of anilines is 1. The fraction of sp³-hybridized carbons (Fsp3) is 0.714. The van der Waals surface area contributed by atoms with Gasteiger partial charge in [-0.15, -0.1) is 0 Å². The number of rotatable bonds is 4. The number of nitrogen functional groups attached to an aromatic ring is 1. The molecule has 1 aromatic heterocycles. The van der Waals surface area contributed by atoms with E-state index >= 15 is 0 Å². The fourth-order valence-electron chi connectivity index (χ4n) is 2.68. The van der Waals surface area contributed by atoms with E-state index in [2.05, 4.69) is 41.2 Å². The molecule has 2 heterocycles. The van der Waals surface area contributed by atoms with Crippen LogP contribution < -0.4 is 11.3 Å². The van der Waals surface area contributed by atoms with E-state index in [-0.39, 0.29) is 6.04 Å². The van der Waals surface area contributed by atoms with Crippen molar-refractivity contribution in [2.24, 2.45) is 5.84 Å². The van der Waals surface area contributed by atoms with Crippen molar-refractivity contribution in [3.63, 3.8) is 0 Å². The van der Waals surface area contributed by atoms with Crippen LogP contribution in [0.2, 0.25) is 0 Å². The molecule has 0 spiro atoms. The van der Waals surface area contributed by atoms with Gasteiger partial charge in [0.1, 0.15) is 11.6 Å². The largest absolute Gasteiger partial charge is 0.308 e. The second kappa shape index (κ2) is 6.97. The minimum absolute atomic E-state index is 0.228. The Morgan fingerprint density at radius 2 is 2.15 bits per heavy atom. The van der Waals surface area contributed by atoms with E-state index < -0.39 is 0 Å². The molecular formula is C14H26N6. The summed E-state index contributed by atoms with van der Waals surface area (Å²) in [6, 6.07) is 2.17. The molecule has 0 aromatic carbocycles. The number of hydrazine groups is 1. The molecule has 1 aromatic rings. The van der Waals surface area contributed by atoms with Gasteiger partial charge in [-0.2, -0.15) is 0 Å². The Kier molecular flexibility index (Phi) is 5.28. The van der Waals surface area contributed by atoms with Crippen molar-refractivity contribution >= 4 is 5.82 Å². The molecule has 0 aliphatic carbocycles. The van der Waals surface area contributed by atoms with E-state index in [4.69, 9.17) is 10.8 Å². The summed E-state index contributed by atoms with van der Waals surface area (Å²) in [6.07, 6.45) is 3.21. The Balaban J connectivity index is 2.30. The van der Waals surface area contributed by atoms with Gasteiger partial charge in [0.25, 0.3) is 0 Å². The summed E-state index contributed by atoms with van der Waals surface area (Å²) >= 11 is 0. The number of aromatic nitrogens is 2. The highest BCUT2D eigenvalue weighted by atomic mass is 15.3. The summed E-state index contributed by atoms with van der Waals surface area (Å²) in [7, 11) is 4.30. The highest BCUT2D eigenvalue weighted by Gasteiger charge is 2.25. The molecule has 1 aliphatic heterocycles. The summed E-state index contributed by atoms with van der Waals surface area (Å²) in [6.45, 7) is 5.30. The number of hydrogen-bond donors (Lipinski definition) is 2. The van der Waals surface area contributed by atoms with Crippen LogP contribution in [0, 0.1) is 0 Å². The van der Waals surface area contributed by atoms with Crippen molar-refractivity contribution < 1.29 is 0 Å². The lowest BCUT2D eigenvalue weighted by atomic mass is 10.2. The van der Waals surface area contributed by atoms with Crippen LogP contribution in [0.25, 0.3) is 0 Å². The lowest BCUT2D eigenvalue weighted by Crippen LogP contribution is -2.32. The topological polar surface area (TPSA) is 70.3 Å². The summed E-state index contributed by atoms with van der Waals surface area (Å²) in [4.78, 5) is 14.0. The van der Waals surface area contributed by atoms with Crippen molar-refractivity contribution in [1.29, 1.82) is 0 Å². The first kappa shape index (κ1) is 15.2. The molecule has 0 bridgehead atoms. The van der Waals surface area contributed by atoms with Crippen LogP contribution >= 0.6 is 0 Å². The molecular weight excluding hydrogens is 252 g/mol. The first-order valence-electron chi connectivity index (χ1n) is 7.37. The zero-order chi connectivity index (χ0) is 14.5. The Morgan fingerprint density at radius 1 is 1.35 bits per heavy atom. The summed E-state index contributed by atoms with van der Waals surface area (Å²) in [5, 5.41) is 0. The molecule has 1 aliphatic rings. The fourth-order valence-corrected chi connectivity index (χ4v) is 2.68. The first-order valence-corrected chi connectivity index (χ1v) is 7.37. The molecule has 1 saturated heterocycles. The highest BCUT2D eigenvalue weighted by Crippen LogP contribution is 2.22. The molecule has 0 radical (unpaired) electrons. The van der Waals surface area contributed by atoms with Crippen LogP contribution in [-0.2, 0) is 6.42 Å². The smallest absolute Gasteiger partial charge is 0.149 e. The Morgan fingerprint density at radius 3 is 2.85 bits per heavy atom. The van der Waals surface area contributed by atoms with E-state index in [1.54, 1.807) is 0 Å². The average Bonchev–Trinajstić information content (AvgIpc) is 2.60. The van der Waals surface area contributed by atoms with Gasteiger partial charge in [-0.3, -0.25) is 4.90 Å². The number of aryl methyl sites for hydroxylation is 1. The van der Waals surface area contributed by atoms with Gasteiger partial charge in [-0.1, -0.05) is 13.3 Å².